The Hall–Kier alpha value is -1.93. The van der Waals surface area contributed by atoms with Gasteiger partial charge >= 0.3 is 0 Å². The summed E-state index contributed by atoms with van der Waals surface area (Å²) in [4.78, 5) is 18.2. The van der Waals surface area contributed by atoms with Crippen LogP contribution in [0.25, 0.3) is 0 Å². The molecule has 0 aliphatic carbocycles. The first-order chi connectivity index (χ1) is 11.1. The number of aryl methyl sites for hydroxylation is 1. The summed E-state index contributed by atoms with van der Waals surface area (Å²) in [5, 5.41) is 4.68. The lowest BCUT2D eigenvalue weighted by molar-refractivity contribution is -0.136. The van der Waals surface area contributed by atoms with Gasteiger partial charge in [-0.15, -0.1) is 0 Å². The maximum absolute atomic E-state index is 13.0. The molecule has 0 N–H and O–H groups in total. The molecular weight excluding hydrogens is 319 g/mol. The lowest BCUT2D eigenvalue weighted by Gasteiger charge is -2.33. The normalized spacial score (nSPS) is 18.2. The molecule has 1 atom stereocenters. The SMILES string of the molecule is Cn1ncnc1SCC(=O)N1CCO[C@@H](c2ccc(F)cc2)C1. The average molecular weight is 336 g/mol. The smallest absolute Gasteiger partial charge is 0.233 e. The molecule has 1 aromatic carbocycles. The zero-order chi connectivity index (χ0) is 16.2. The summed E-state index contributed by atoms with van der Waals surface area (Å²) < 4.78 is 20.3. The van der Waals surface area contributed by atoms with Crippen molar-refractivity contribution < 1.29 is 13.9 Å². The number of hydrogen-bond donors (Lipinski definition) is 0. The number of nitrogens with zero attached hydrogens (tertiary/aromatic N) is 4. The van der Waals surface area contributed by atoms with E-state index in [9.17, 15) is 9.18 Å². The minimum Gasteiger partial charge on any atom is -0.370 e. The van der Waals surface area contributed by atoms with E-state index in [0.29, 0.717) is 30.6 Å². The van der Waals surface area contributed by atoms with Crippen molar-refractivity contribution in [3.05, 3.63) is 42.0 Å². The van der Waals surface area contributed by atoms with Gasteiger partial charge in [0.2, 0.25) is 5.91 Å². The van der Waals surface area contributed by atoms with Gasteiger partial charge in [-0.25, -0.2) is 14.1 Å². The van der Waals surface area contributed by atoms with Crippen LogP contribution < -0.4 is 0 Å². The van der Waals surface area contributed by atoms with Crippen LogP contribution in [0.15, 0.2) is 35.7 Å². The van der Waals surface area contributed by atoms with Gasteiger partial charge < -0.3 is 9.64 Å². The third-order valence-corrected chi connectivity index (χ3v) is 4.67. The molecule has 1 amide bonds. The van der Waals surface area contributed by atoms with E-state index in [1.165, 1.54) is 30.2 Å². The molecule has 0 spiro atoms. The van der Waals surface area contributed by atoms with E-state index < -0.39 is 0 Å². The number of carbonyl (C=O) groups is 1. The molecule has 0 radical (unpaired) electrons. The number of ether oxygens (including phenoxy) is 1. The molecule has 6 nitrogen and oxygen atoms in total. The van der Waals surface area contributed by atoms with Crippen molar-refractivity contribution in [3.63, 3.8) is 0 Å². The maximum Gasteiger partial charge on any atom is 0.233 e. The number of thioether (sulfide) groups is 1. The first-order valence-electron chi connectivity index (χ1n) is 7.25. The second kappa shape index (κ2) is 7.10. The lowest BCUT2D eigenvalue weighted by Crippen LogP contribution is -2.43. The lowest BCUT2D eigenvalue weighted by atomic mass is 10.1. The Morgan fingerprint density at radius 1 is 1.43 bits per heavy atom. The van der Waals surface area contributed by atoms with Gasteiger partial charge in [-0.3, -0.25) is 4.79 Å². The molecule has 3 rings (SSSR count). The van der Waals surface area contributed by atoms with Gasteiger partial charge in [0.05, 0.1) is 18.9 Å². The summed E-state index contributed by atoms with van der Waals surface area (Å²) in [6, 6.07) is 6.21. The predicted octanol–water partition coefficient (Wildman–Crippen LogP) is 1.65. The van der Waals surface area contributed by atoms with E-state index in [1.807, 2.05) is 0 Å². The molecule has 1 aliphatic heterocycles. The first-order valence-corrected chi connectivity index (χ1v) is 8.23. The van der Waals surface area contributed by atoms with Crippen molar-refractivity contribution in [1.82, 2.24) is 19.7 Å². The van der Waals surface area contributed by atoms with Crippen LogP contribution in [-0.4, -0.2) is 51.0 Å². The number of hydrogen-bond acceptors (Lipinski definition) is 5. The van der Waals surface area contributed by atoms with Gasteiger partial charge in [0.1, 0.15) is 18.2 Å². The molecule has 23 heavy (non-hydrogen) atoms. The van der Waals surface area contributed by atoms with Gasteiger partial charge in [-0.1, -0.05) is 23.9 Å². The van der Waals surface area contributed by atoms with Crippen molar-refractivity contribution in [2.24, 2.45) is 7.05 Å². The molecule has 0 bridgehead atoms. The average Bonchev–Trinajstić information content (AvgIpc) is 2.98. The van der Waals surface area contributed by atoms with Crippen LogP contribution in [-0.2, 0) is 16.6 Å². The number of carbonyl (C=O) groups excluding carboxylic acids is 1. The Bertz CT molecular complexity index is 676. The highest BCUT2D eigenvalue weighted by atomic mass is 32.2. The maximum atomic E-state index is 13.0. The Morgan fingerprint density at radius 2 is 2.22 bits per heavy atom. The van der Waals surface area contributed by atoms with Gasteiger partial charge in [-0.05, 0) is 17.7 Å². The Labute approximate surface area is 137 Å². The second-order valence-corrected chi connectivity index (χ2v) is 6.15. The highest BCUT2D eigenvalue weighted by Crippen LogP contribution is 2.23. The monoisotopic (exact) mass is 336 g/mol. The fourth-order valence-electron chi connectivity index (χ4n) is 2.39. The largest absolute Gasteiger partial charge is 0.370 e. The highest BCUT2D eigenvalue weighted by molar-refractivity contribution is 7.99. The second-order valence-electron chi connectivity index (χ2n) is 5.21. The standard InChI is InChI=1S/C15H17FN4O2S/c1-19-15(17-10-18-19)23-9-14(21)20-6-7-22-13(8-20)11-2-4-12(16)5-3-11/h2-5,10,13H,6-9H2,1H3/t13-/m1/s1. The quantitative estimate of drug-likeness (QED) is 0.795. The Morgan fingerprint density at radius 3 is 2.91 bits per heavy atom. The number of aromatic nitrogens is 3. The fourth-order valence-corrected chi connectivity index (χ4v) is 3.18. The number of amides is 1. The van der Waals surface area contributed by atoms with Crippen LogP contribution in [0.5, 0.6) is 0 Å². The van der Waals surface area contributed by atoms with Crippen molar-refractivity contribution in [1.29, 1.82) is 0 Å². The van der Waals surface area contributed by atoms with E-state index in [2.05, 4.69) is 10.1 Å². The third kappa shape index (κ3) is 3.89. The molecule has 0 unspecified atom stereocenters. The summed E-state index contributed by atoms with van der Waals surface area (Å²) in [5.41, 5.74) is 0.879. The van der Waals surface area contributed by atoms with Gasteiger partial charge in [0.15, 0.2) is 5.16 Å². The van der Waals surface area contributed by atoms with Crippen molar-refractivity contribution in [2.75, 3.05) is 25.4 Å². The van der Waals surface area contributed by atoms with Crippen LogP contribution in [0.4, 0.5) is 4.39 Å². The van der Waals surface area contributed by atoms with Crippen LogP contribution in [0.3, 0.4) is 0 Å². The molecule has 2 aromatic rings. The van der Waals surface area contributed by atoms with Crippen molar-refractivity contribution in [3.8, 4) is 0 Å². The van der Waals surface area contributed by atoms with Crippen molar-refractivity contribution >= 4 is 17.7 Å². The number of benzene rings is 1. The Kier molecular flexibility index (Phi) is 4.92. The minimum atomic E-state index is -0.280. The number of halogens is 1. The summed E-state index contributed by atoms with van der Waals surface area (Å²) >= 11 is 1.36. The van der Waals surface area contributed by atoms with E-state index in [4.69, 9.17) is 4.74 Å². The molecule has 1 aliphatic rings. The van der Waals surface area contributed by atoms with Crippen LogP contribution in [0, 0.1) is 5.82 Å². The molecular formula is C15H17FN4O2S. The highest BCUT2D eigenvalue weighted by Gasteiger charge is 2.25. The summed E-state index contributed by atoms with van der Waals surface area (Å²) in [6.45, 7) is 1.52. The summed E-state index contributed by atoms with van der Waals surface area (Å²) in [6.07, 6.45) is 1.25. The fraction of sp³-hybridized carbons (Fsp3) is 0.400. The summed E-state index contributed by atoms with van der Waals surface area (Å²) in [5.74, 6) is 0.0637. The van der Waals surface area contributed by atoms with Crippen LogP contribution in [0.1, 0.15) is 11.7 Å². The van der Waals surface area contributed by atoms with E-state index in [0.717, 1.165) is 5.56 Å². The molecule has 122 valence electrons. The molecule has 2 heterocycles. The van der Waals surface area contributed by atoms with E-state index in [1.54, 1.807) is 28.8 Å². The zero-order valence-electron chi connectivity index (χ0n) is 12.7. The Balaban J connectivity index is 1.58. The predicted molar refractivity (Wildman–Crippen MR) is 83.4 cm³/mol. The van der Waals surface area contributed by atoms with Gasteiger partial charge in [0.25, 0.3) is 0 Å². The molecule has 1 aromatic heterocycles. The first kappa shape index (κ1) is 15.9. The molecule has 8 heteroatoms. The zero-order valence-corrected chi connectivity index (χ0v) is 13.5. The summed E-state index contributed by atoms with van der Waals surface area (Å²) in [7, 11) is 1.79. The van der Waals surface area contributed by atoms with Gasteiger partial charge in [0, 0.05) is 13.6 Å². The molecule has 1 saturated heterocycles. The van der Waals surface area contributed by atoms with Crippen LogP contribution in [0.2, 0.25) is 0 Å². The number of rotatable bonds is 4. The number of morpholine rings is 1. The topological polar surface area (TPSA) is 60.2 Å². The molecule has 1 fully saturated rings. The third-order valence-electron chi connectivity index (χ3n) is 3.66. The molecule has 0 saturated carbocycles. The minimum absolute atomic E-state index is 0.0356. The van der Waals surface area contributed by atoms with Gasteiger partial charge in [-0.2, -0.15) is 5.10 Å². The van der Waals surface area contributed by atoms with E-state index in [-0.39, 0.29) is 17.8 Å². The van der Waals surface area contributed by atoms with E-state index >= 15 is 0 Å². The van der Waals surface area contributed by atoms with Crippen LogP contribution >= 0.6 is 11.8 Å². The van der Waals surface area contributed by atoms with Crippen molar-refractivity contribution in [2.45, 2.75) is 11.3 Å².